The molecule has 0 atom stereocenters. The Labute approximate surface area is 68.9 Å². The van der Waals surface area contributed by atoms with Gasteiger partial charge < -0.3 is 4.98 Å². The second-order valence-electron chi connectivity index (χ2n) is 2.41. The zero-order valence-electron chi connectivity index (χ0n) is 6.28. The van der Waals surface area contributed by atoms with Crippen LogP contribution in [0.3, 0.4) is 0 Å². The first-order valence-corrected chi connectivity index (χ1v) is 3.56. The SMILES string of the molecule is N#CCc1nc2ccncc2[nH]1. The van der Waals surface area contributed by atoms with Crippen LogP contribution in [0.25, 0.3) is 11.0 Å². The molecule has 0 fully saturated rings. The smallest absolute Gasteiger partial charge is 0.121 e. The van der Waals surface area contributed by atoms with Crippen LogP contribution in [0.5, 0.6) is 0 Å². The molecule has 0 aliphatic heterocycles. The molecule has 12 heavy (non-hydrogen) atoms. The molecule has 0 aromatic carbocycles. The highest BCUT2D eigenvalue weighted by Crippen LogP contribution is 2.08. The maximum Gasteiger partial charge on any atom is 0.121 e. The van der Waals surface area contributed by atoms with E-state index in [1.54, 1.807) is 12.4 Å². The van der Waals surface area contributed by atoms with Crippen LogP contribution in [0.2, 0.25) is 0 Å². The molecule has 0 aliphatic rings. The zero-order chi connectivity index (χ0) is 8.39. The number of imidazole rings is 1. The highest BCUT2D eigenvalue weighted by Gasteiger charge is 1.99. The summed E-state index contributed by atoms with van der Waals surface area (Å²) in [5, 5.41) is 8.42. The maximum absolute atomic E-state index is 8.42. The summed E-state index contributed by atoms with van der Waals surface area (Å²) in [5.74, 6) is 0.695. The fourth-order valence-electron chi connectivity index (χ4n) is 1.07. The van der Waals surface area contributed by atoms with Crippen molar-refractivity contribution in [2.45, 2.75) is 6.42 Å². The largest absolute Gasteiger partial charge is 0.340 e. The van der Waals surface area contributed by atoms with Gasteiger partial charge in [-0.05, 0) is 6.07 Å². The van der Waals surface area contributed by atoms with Gasteiger partial charge in [-0.1, -0.05) is 0 Å². The van der Waals surface area contributed by atoms with E-state index in [4.69, 9.17) is 5.26 Å². The summed E-state index contributed by atoms with van der Waals surface area (Å²) in [7, 11) is 0. The molecule has 2 aromatic heterocycles. The number of aromatic amines is 1. The molecular weight excluding hydrogens is 152 g/mol. The first kappa shape index (κ1) is 6.80. The minimum Gasteiger partial charge on any atom is -0.340 e. The summed E-state index contributed by atoms with van der Waals surface area (Å²) in [5.41, 5.74) is 1.73. The lowest BCUT2D eigenvalue weighted by Gasteiger charge is -1.81. The predicted octanol–water partition coefficient (Wildman–Crippen LogP) is 1.02. The molecule has 0 spiro atoms. The van der Waals surface area contributed by atoms with Crippen molar-refractivity contribution in [3.05, 3.63) is 24.3 Å². The van der Waals surface area contributed by atoms with E-state index < -0.39 is 0 Å². The van der Waals surface area contributed by atoms with Gasteiger partial charge in [0.2, 0.25) is 0 Å². The lowest BCUT2D eigenvalue weighted by atomic mass is 10.4. The van der Waals surface area contributed by atoms with Gasteiger partial charge in [-0.2, -0.15) is 5.26 Å². The third-order valence-electron chi connectivity index (χ3n) is 1.58. The van der Waals surface area contributed by atoms with E-state index in [9.17, 15) is 0 Å². The van der Waals surface area contributed by atoms with Gasteiger partial charge in [-0.3, -0.25) is 4.98 Å². The first-order chi connectivity index (χ1) is 5.90. The van der Waals surface area contributed by atoms with Crippen molar-refractivity contribution < 1.29 is 0 Å². The average molecular weight is 158 g/mol. The van der Waals surface area contributed by atoms with Crippen LogP contribution in [-0.4, -0.2) is 15.0 Å². The molecule has 0 amide bonds. The monoisotopic (exact) mass is 158 g/mol. The Bertz CT molecular complexity index is 404. The fraction of sp³-hybridized carbons (Fsp3) is 0.125. The van der Waals surface area contributed by atoms with Crippen LogP contribution in [-0.2, 0) is 6.42 Å². The molecule has 1 N–H and O–H groups in total. The molecule has 0 saturated heterocycles. The van der Waals surface area contributed by atoms with Crippen LogP contribution in [0, 0.1) is 11.3 Å². The highest BCUT2D eigenvalue weighted by molar-refractivity contribution is 5.73. The van der Waals surface area contributed by atoms with Crippen molar-refractivity contribution in [1.29, 1.82) is 5.26 Å². The van der Waals surface area contributed by atoms with Gasteiger partial charge in [0.05, 0.1) is 29.7 Å². The van der Waals surface area contributed by atoms with E-state index in [0.29, 0.717) is 12.2 Å². The Morgan fingerprint density at radius 1 is 1.58 bits per heavy atom. The second-order valence-corrected chi connectivity index (χ2v) is 2.41. The van der Waals surface area contributed by atoms with Gasteiger partial charge in [0.1, 0.15) is 5.82 Å². The van der Waals surface area contributed by atoms with Crippen molar-refractivity contribution in [3.8, 4) is 6.07 Å². The Morgan fingerprint density at radius 2 is 2.50 bits per heavy atom. The van der Waals surface area contributed by atoms with Crippen LogP contribution < -0.4 is 0 Å². The van der Waals surface area contributed by atoms with E-state index in [1.165, 1.54) is 0 Å². The number of hydrogen-bond acceptors (Lipinski definition) is 3. The summed E-state index contributed by atoms with van der Waals surface area (Å²) in [6, 6.07) is 3.84. The predicted molar refractivity (Wildman–Crippen MR) is 43.2 cm³/mol. The van der Waals surface area contributed by atoms with Gasteiger partial charge in [-0.15, -0.1) is 0 Å². The molecule has 0 radical (unpaired) electrons. The molecule has 4 nitrogen and oxygen atoms in total. The first-order valence-electron chi connectivity index (χ1n) is 3.56. The van der Waals surface area contributed by atoms with Crippen molar-refractivity contribution >= 4 is 11.0 Å². The average Bonchev–Trinajstić information content (AvgIpc) is 2.47. The lowest BCUT2D eigenvalue weighted by Crippen LogP contribution is -1.81. The minimum atomic E-state index is 0.314. The van der Waals surface area contributed by atoms with Crippen molar-refractivity contribution in [2.24, 2.45) is 0 Å². The van der Waals surface area contributed by atoms with E-state index in [0.717, 1.165) is 11.0 Å². The number of aromatic nitrogens is 3. The van der Waals surface area contributed by atoms with Gasteiger partial charge >= 0.3 is 0 Å². The summed E-state index contributed by atoms with van der Waals surface area (Å²) in [6.45, 7) is 0. The summed E-state index contributed by atoms with van der Waals surface area (Å²) < 4.78 is 0. The Morgan fingerprint density at radius 3 is 3.25 bits per heavy atom. The van der Waals surface area contributed by atoms with Crippen molar-refractivity contribution in [1.82, 2.24) is 15.0 Å². The summed E-state index contributed by atoms with van der Waals surface area (Å²) in [4.78, 5) is 11.1. The Kier molecular flexibility index (Phi) is 1.49. The standard InChI is InChI=1S/C8H6N4/c9-3-1-8-11-6-2-4-10-5-7(6)12-8/h2,4-5H,1H2,(H,11,12). The van der Waals surface area contributed by atoms with Gasteiger partial charge in [0.15, 0.2) is 0 Å². The van der Waals surface area contributed by atoms with Gasteiger partial charge in [-0.25, -0.2) is 4.98 Å². The van der Waals surface area contributed by atoms with E-state index in [1.807, 2.05) is 12.1 Å². The number of nitrogens with one attached hydrogen (secondary N) is 1. The molecule has 4 heteroatoms. The number of hydrogen-bond donors (Lipinski definition) is 1. The normalized spacial score (nSPS) is 9.92. The number of H-pyrrole nitrogens is 1. The number of fused-ring (bicyclic) bond motifs is 1. The quantitative estimate of drug-likeness (QED) is 0.673. The van der Waals surface area contributed by atoms with Crippen LogP contribution in [0.15, 0.2) is 18.5 Å². The topological polar surface area (TPSA) is 65.4 Å². The highest BCUT2D eigenvalue weighted by atomic mass is 14.9. The summed E-state index contributed by atoms with van der Waals surface area (Å²) >= 11 is 0. The van der Waals surface area contributed by atoms with Crippen molar-refractivity contribution in [2.75, 3.05) is 0 Å². The van der Waals surface area contributed by atoms with E-state index in [-0.39, 0.29) is 0 Å². The molecule has 2 aromatic rings. The van der Waals surface area contributed by atoms with E-state index >= 15 is 0 Å². The maximum atomic E-state index is 8.42. The van der Waals surface area contributed by atoms with Crippen LogP contribution in [0.4, 0.5) is 0 Å². The molecular formula is C8H6N4. The Balaban J connectivity index is 2.56. The lowest BCUT2D eigenvalue weighted by molar-refractivity contribution is 1.08. The number of pyridine rings is 1. The Hall–Kier alpha value is -1.89. The van der Waals surface area contributed by atoms with Gasteiger partial charge in [0, 0.05) is 6.20 Å². The molecule has 0 unspecified atom stereocenters. The van der Waals surface area contributed by atoms with Crippen LogP contribution in [0.1, 0.15) is 5.82 Å². The van der Waals surface area contributed by atoms with Gasteiger partial charge in [0.25, 0.3) is 0 Å². The number of nitrogens with zero attached hydrogens (tertiary/aromatic N) is 3. The molecule has 0 bridgehead atoms. The molecule has 2 heterocycles. The second kappa shape index (κ2) is 2.62. The molecule has 0 aliphatic carbocycles. The third kappa shape index (κ3) is 1.01. The molecule has 58 valence electrons. The fourth-order valence-corrected chi connectivity index (χ4v) is 1.07. The van der Waals surface area contributed by atoms with E-state index in [2.05, 4.69) is 15.0 Å². The molecule has 0 saturated carbocycles. The van der Waals surface area contributed by atoms with Crippen LogP contribution >= 0.6 is 0 Å². The zero-order valence-corrected chi connectivity index (χ0v) is 6.28. The number of nitriles is 1. The minimum absolute atomic E-state index is 0.314. The molecule has 2 rings (SSSR count). The third-order valence-corrected chi connectivity index (χ3v) is 1.58. The van der Waals surface area contributed by atoms with Crippen molar-refractivity contribution in [3.63, 3.8) is 0 Å². The summed E-state index contributed by atoms with van der Waals surface area (Å²) in [6.07, 6.45) is 3.69. The number of rotatable bonds is 1.